The lowest BCUT2D eigenvalue weighted by Crippen LogP contribution is -2.32. The quantitative estimate of drug-likeness (QED) is 0.779. The summed E-state index contributed by atoms with van der Waals surface area (Å²) in [5.74, 6) is 0.727. The van der Waals surface area contributed by atoms with Crippen LogP contribution in [0.5, 0.6) is 0 Å². The van der Waals surface area contributed by atoms with Crippen molar-refractivity contribution in [2.75, 3.05) is 6.54 Å². The van der Waals surface area contributed by atoms with Crippen LogP contribution in [-0.4, -0.2) is 43.5 Å². The summed E-state index contributed by atoms with van der Waals surface area (Å²) in [7, 11) is 0. The molecule has 2 heterocycles. The smallest absolute Gasteiger partial charge is 0.261 e. The molecule has 7 heteroatoms. The zero-order chi connectivity index (χ0) is 17.2. The summed E-state index contributed by atoms with van der Waals surface area (Å²) in [5, 5.41) is 12.6. The van der Waals surface area contributed by atoms with Crippen LogP contribution in [0.15, 0.2) is 24.3 Å². The molecule has 0 radical (unpaired) electrons. The molecule has 0 atom stereocenters. The van der Waals surface area contributed by atoms with Gasteiger partial charge in [-0.25, -0.2) is 0 Å². The number of tetrazole rings is 1. The molecule has 1 aromatic carbocycles. The summed E-state index contributed by atoms with van der Waals surface area (Å²) in [6, 6.07) is 6.92. The number of hydrogen-bond donors (Lipinski definition) is 0. The maximum atomic E-state index is 12.3. The van der Waals surface area contributed by atoms with E-state index >= 15 is 0 Å². The van der Waals surface area contributed by atoms with Crippen LogP contribution in [0.25, 0.3) is 0 Å². The van der Waals surface area contributed by atoms with E-state index in [-0.39, 0.29) is 18.4 Å². The zero-order valence-corrected chi connectivity index (χ0v) is 14.1. The fraction of sp³-hybridized carbons (Fsp3) is 0.500. The number of carbonyl (C=O) groups excluding carboxylic acids is 2. The normalized spacial score (nSPS) is 18.0. The number of imide groups is 1. The van der Waals surface area contributed by atoms with E-state index in [2.05, 4.69) is 15.4 Å². The van der Waals surface area contributed by atoms with Gasteiger partial charge >= 0.3 is 0 Å². The Balaban J connectivity index is 1.36. The van der Waals surface area contributed by atoms with Gasteiger partial charge in [0.15, 0.2) is 5.82 Å². The van der Waals surface area contributed by atoms with Crippen LogP contribution in [0.1, 0.15) is 58.6 Å². The number of rotatable bonds is 5. The van der Waals surface area contributed by atoms with Crippen LogP contribution >= 0.6 is 0 Å². The highest BCUT2D eigenvalue weighted by atomic mass is 16.2. The Morgan fingerprint density at radius 2 is 1.68 bits per heavy atom. The first kappa shape index (κ1) is 15.9. The largest absolute Gasteiger partial charge is 0.274 e. The van der Waals surface area contributed by atoms with Crippen LogP contribution in [0, 0.1) is 5.92 Å². The minimum atomic E-state index is -0.241. The van der Waals surface area contributed by atoms with Gasteiger partial charge in [0.2, 0.25) is 0 Å². The van der Waals surface area contributed by atoms with Gasteiger partial charge in [-0.3, -0.25) is 14.5 Å². The minimum Gasteiger partial charge on any atom is -0.274 e. The lowest BCUT2D eigenvalue weighted by atomic mass is 9.89. The van der Waals surface area contributed by atoms with Crippen LogP contribution in [0.4, 0.5) is 0 Å². The molecule has 25 heavy (non-hydrogen) atoms. The van der Waals surface area contributed by atoms with Crippen LogP contribution in [0.3, 0.4) is 0 Å². The summed E-state index contributed by atoms with van der Waals surface area (Å²) in [6.45, 7) is 1.08. The number of nitrogens with zero attached hydrogens (tertiary/aromatic N) is 5. The predicted molar refractivity (Wildman–Crippen MR) is 89.9 cm³/mol. The molecule has 2 aliphatic rings. The average molecular weight is 339 g/mol. The molecule has 7 nitrogen and oxygen atoms in total. The van der Waals surface area contributed by atoms with Crippen molar-refractivity contribution >= 4 is 11.8 Å². The van der Waals surface area contributed by atoms with E-state index in [1.807, 2.05) is 0 Å². The first-order valence-electron chi connectivity index (χ1n) is 8.94. The summed E-state index contributed by atoms with van der Waals surface area (Å²) in [5.41, 5.74) is 0.947. The lowest BCUT2D eigenvalue weighted by Gasteiger charge is -2.20. The van der Waals surface area contributed by atoms with Gasteiger partial charge in [0.05, 0.1) is 17.7 Å². The first-order chi connectivity index (χ1) is 12.2. The van der Waals surface area contributed by atoms with Crippen molar-refractivity contribution in [3.63, 3.8) is 0 Å². The summed E-state index contributed by atoms with van der Waals surface area (Å²) < 4.78 is 0. The number of benzene rings is 1. The van der Waals surface area contributed by atoms with Crippen molar-refractivity contribution in [3.8, 4) is 0 Å². The van der Waals surface area contributed by atoms with Gasteiger partial charge in [-0.05, 0) is 36.1 Å². The lowest BCUT2D eigenvalue weighted by molar-refractivity contribution is 0.0655. The number of aromatic nitrogens is 4. The molecule has 1 aliphatic heterocycles. The standard InChI is InChI=1S/C18H21N5O2/c24-17-14-8-4-5-9-15(14)18(25)22(17)11-10-16-19-21-23(20-16)12-13-6-2-1-3-7-13/h4-5,8-9,13H,1-3,6-7,10-12H2. The summed E-state index contributed by atoms with van der Waals surface area (Å²) >= 11 is 0. The molecular weight excluding hydrogens is 318 g/mol. The second kappa shape index (κ2) is 6.74. The van der Waals surface area contributed by atoms with Gasteiger partial charge in [-0.1, -0.05) is 31.4 Å². The topological polar surface area (TPSA) is 81.0 Å². The monoisotopic (exact) mass is 339 g/mol. The van der Waals surface area contributed by atoms with E-state index in [0.717, 1.165) is 6.54 Å². The third kappa shape index (κ3) is 3.18. The second-order valence-electron chi connectivity index (χ2n) is 6.82. The van der Waals surface area contributed by atoms with Crippen LogP contribution < -0.4 is 0 Å². The van der Waals surface area contributed by atoms with Gasteiger partial charge < -0.3 is 0 Å². The molecule has 4 rings (SSSR count). The molecule has 1 aliphatic carbocycles. The molecule has 0 unspecified atom stereocenters. The van der Waals surface area contributed by atoms with Gasteiger partial charge in [-0.2, -0.15) is 4.80 Å². The molecule has 2 amide bonds. The van der Waals surface area contributed by atoms with Crippen LogP contribution in [-0.2, 0) is 13.0 Å². The Hall–Kier alpha value is -2.57. The number of amides is 2. The van der Waals surface area contributed by atoms with Crippen molar-refractivity contribution in [2.24, 2.45) is 5.92 Å². The van der Waals surface area contributed by atoms with E-state index in [1.165, 1.54) is 37.0 Å². The number of fused-ring (bicyclic) bond motifs is 1. The van der Waals surface area contributed by atoms with Crippen molar-refractivity contribution in [1.82, 2.24) is 25.1 Å². The Morgan fingerprint density at radius 3 is 2.36 bits per heavy atom. The van der Waals surface area contributed by atoms with Gasteiger partial charge in [-0.15, -0.1) is 10.2 Å². The molecule has 0 saturated heterocycles. The van der Waals surface area contributed by atoms with Gasteiger partial charge in [0, 0.05) is 13.0 Å². The van der Waals surface area contributed by atoms with E-state index in [0.29, 0.717) is 29.3 Å². The van der Waals surface area contributed by atoms with Gasteiger partial charge in [0.25, 0.3) is 11.8 Å². The molecular formula is C18H21N5O2. The van der Waals surface area contributed by atoms with Gasteiger partial charge in [0.1, 0.15) is 0 Å². The van der Waals surface area contributed by atoms with Crippen molar-refractivity contribution in [3.05, 3.63) is 41.2 Å². The molecule has 130 valence electrons. The third-order valence-corrected chi connectivity index (χ3v) is 5.08. The maximum absolute atomic E-state index is 12.3. The van der Waals surface area contributed by atoms with E-state index in [1.54, 1.807) is 29.1 Å². The van der Waals surface area contributed by atoms with Crippen molar-refractivity contribution < 1.29 is 9.59 Å². The third-order valence-electron chi connectivity index (χ3n) is 5.08. The first-order valence-corrected chi connectivity index (χ1v) is 8.94. The molecule has 2 aromatic rings. The Labute approximate surface area is 146 Å². The predicted octanol–water partition coefficient (Wildman–Crippen LogP) is 2.09. The molecule has 1 fully saturated rings. The molecule has 1 aromatic heterocycles. The maximum Gasteiger partial charge on any atom is 0.261 e. The SMILES string of the molecule is O=C1c2ccccc2C(=O)N1CCc1nnn(CC2CCCCC2)n1. The number of carbonyl (C=O) groups is 2. The average Bonchev–Trinajstić information content (AvgIpc) is 3.18. The Morgan fingerprint density at radius 1 is 1.00 bits per heavy atom. The highest BCUT2D eigenvalue weighted by molar-refractivity contribution is 6.21. The number of hydrogen-bond acceptors (Lipinski definition) is 5. The highest BCUT2D eigenvalue weighted by Crippen LogP contribution is 2.24. The fourth-order valence-electron chi connectivity index (χ4n) is 3.71. The second-order valence-corrected chi connectivity index (χ2v) is 6.82. The molecule has 1 saturated carbocycles. The van der Waals surface area contributed by atoms with Crippen LogP contribution in [0.2, 0.25) is 0 Å². The van der Waals surface area contributed by atoms with Crippen molar-refractivity contribution in [2.45, 2.75) is 45.1 Å². The van der Waals surface area contributed by atoms with Crippen molar-refractivity contribution in [1.29, 1.82) is 0 Å². The Kier molecular flexibility index (Phi) is 4.29. The molecule has 0 spiro atoms. The summed E-state index contributed by atoms with van der Waals surface area (Å²) in [6.07, 6.45) is 6.78. The minimum absolute atomic E-state index is 0.241. The Bertz CT molecular complexity index is 759. The zero-order valence-electron chi connectivity index (χ0n) is 14.1. The fourth-order valence-corrected chi connectivity index (χ4v) is 3.71. The molecule has 0 bridgehead atoms. The molecule has 0 N–H and O–H groups in total. The summed E-state index contributed by atoms with van der Waals surface area (Å²) in [4.78, 5) is 27.6. The van der Waals surface area contributed by atoms with E-state index in [9.17, 15) is 9.59 Å². The van der Waals surface area contributed by atoms with E-state index < -0.39 is 0 Å². The van der Waals surface area contributed by atoms with E-state index in [4.69, 9.17) is 0 Å². The highest BCUT2D eigenvalue weighted by Gasteiger charge is 2.34.